The summed E-state index contributed by atoms with van der Waals surface area (Å²) in [6, 6.07) is 3.52. The number of aromatic nitrogens is 2. The van der Waals surface area contributed by atoms with E-state index in [1.54, 1.807) is 10.7 Å². The highest BCUT2D eigenvalue weighted by molar-refractivity contribution is 5.10. The van der Waals surface area contributed by atoms with Gasteiger partial charge in [-0.25, -0.2) is 4.68 Å². The maximum Gasteiger partial charge on any atom is 0.267 e. The van der Waals surface area contributed by atoms with Gasteiger partial charge in [0.25, 0.3) is 5.56 Å². The summed E-state index contributed by atoms with van der Waals surface area (Å²) in [4.78, 5) is 17.1. The van der Waals surface area contributed by atoms with Gasteiger partial charge in [-0.3, -0.25) is 9.69 Å². The highest BCUT2D eigenvalue weighted by Gasteiger charge is 2.22. The molecule has 0 bridgehead atoms. The van der Waals surface area contributed by atoms with Crippen LogP contribution in [-0.2, 0) is 12.1 Å². The van der Waals surface area contributed by atoms with Crippen molar-refractivity contribution in [3.8, 4) is 0 Å². The molecule has 2 aliphatic rings. The first-order valence-corrected chi connectivity index (χ1v) is 9.95. The van der Waals surface area contributed by atoms with Crippen molar-refractivity contribution >= 4 is 0 Å². The van der Waals surface area contributed by atoms with Gasteiger partial charge in [-0.2, -0.15) is 5.10 Å². The van der Waals surface area contributed by atoms with E-state index < -0.39 is 0 Å². The van der Waals surface area contributed by atoms with Crippen molar-refractivity contribution in [2.75, 3.05) is 32.7 Å². The first-order chi connectivity index (χ1) is 11.9. The van der Waals surface area contributed by atoms with E-state index >= 15 is 0 Å². The second-order valence-corrected chi connectivity index (χ2v) is 8.87. The average molecular weight is 347 g/mol. The van der Waals surface area contributed by atoms with Crippen LogP contribution in [-0.4, -0.2) is 52.3 Å². The smallest absolute Gasteiger partial charge is 0.267 e. The van der Waals surface area contributed by atoms with Crippen molar-refractivity contribution in [3.63, 3.8) is 0 Å². The lowest BCUT2D eigenvalue weighted by atomic mass is 9.89. The van der Waals surface area contributed by atoms with E-state index in [1.165, 1.54) is 38.6 Å². The zero-order valence-electron chi connectivity index (χ0n) is 16.2. The Balaban J connectivity index is 1.53. The van der Waals surface area contributed by atoms with Crippen LogP contribution in [0, 0.1) is 5.92 Å². The molecule has 25 heavy (non-hydrogen) atoms. The molecule has 0 amide bonds. The number of hydrogen-bond donors (Lipinski definition) is 0. The second-order valence-electron chi connectivity index (χ2n) is 8.87. The van der Waals surface area contributed by atoms with Crippen LogP contribution >= 0.6 is 0 Å². The van der Waals surface area contributed by atoms with Gasteiger partial charge < -0.3 is 4.90 Å². The summed E-state index contributed by atoms with van der Waals surface area (Å²) in [5.41, 5.74) is 0.939. The lowest BCUT2D eigenvalue weighted by Gasteiger charge is -2.37. The highest BCUT2D eigenvalue weighted by atomic mass is 16.1. The largest absolute Gasteiger partial charge is 0.301 e. The average Bonchev–Trinajstić information content (AvgIpc) is 2.58. The van der Waals surface area contributed by atoms with E-state index in [0.717, 1.165) is 37.8 Å². The maximum absolute atomic E-state index is 12.2. The Bertz CT molecular complexity index is 605. The number of piperazine rings is 1. The fourth-order valence-electron chi connectivity index (χ4n) is 3.99. The molecule has 5 heteroatoms. The molecule has 1 aromatic heterocycles. The minimum Gasteiger partial charge on any atom is -0.301 e. The Morgan fingerprint density at radius 2 is 1.64 bits per heavy atom. The van der Waals surface area contributed by atoms with E-state index in [9.17, 15) is 4.79 Å². The van der Waals surface area contributed by atoms with Crippen LogP contribution in [0.15, 0.2) is 16.9 Å². The number of hydrogen-bond acceptors (Lipinski definition) is 4. The fraction of sp³-hybridized carbons (Fsp3) is 0.800. The van der Waals surface area contributed by atoms with Gasteiger partial charge in [-0.15, -0.1) is 0 Å². The van der Waals surface area contributed by atoms with Gasteiger partial charge in [0.05, 0.1) is 12.4 Å². The van der Waals surface area contributed by atoms with Crippen molar-refractivity contribution in [3.05, 3.63) is 28.2 Å². The predicted molar refractivity (Wildman–Crippen MR) is 102 cm³/mol. The molecule has 2 fully saturated rings. The molecular formula is C20H34N4O. The normalized spacial score (nSPS) is 21.6. The first kappa shape index (κ1) is 18.6. The molecule has 0 atom stereocenters. The van der Waals surface area contributed by atoms with Crippen LogP contribution in [0.5, 0.6) is 0 Å². The van der Waals surface area contributed by atoms with Crippen LogP contribution < -0.4 is 5.56 Å². The summed E-state index contributed by atoms with van der Waals surface area (Å²) >= 11 is 0. The molecule has 0 unspecified atom stereocenters. The molecule has 0 N–H and O–H groups in total. The third-order valence-corrected chi connectivity index (χ3v) is 5.68. The van der Waals surface area contributed by atoms with Gasteiger partial charge >= 0.3 is 0 Å². The molecule has 1 saturated carbocycles. The molecule has 0 aromatic carbocycles. The Labute approximate surface area is 152 Å². The Morgan fingerprint density at radius 3 is 2.28 bits per heavy atom. The first-order valence-electron chi connectivity index (χ1n) is 9.95. The molecule has 0 spiro atoms. The van der Waals surface area contributed by atoms with Gasteiger partial charge in [0.2, 0.25) is 0 Å². The highest BCUT2D eigenvalue weighted by Crippen LogP contribution is 2.24. The van der Waals surface area contributed by atoms with Crippen LogP contribution in [0.4, 0.5) is 0 Å². The van der Waals surface area contributed by atoms with Crippen molar-refractivity contribution in [1.82, 2.24) is 19.6 Å². The van der Waals surface area contributed by atoms with Crippen molar-refractivity contribution in [2.45, 2.75) is 65.0 Å². The third-order valence-electron chi connectivity index (χ3n) is 5.68. The van der Waals surface area contributed by atoms with Crippen molar-refractivity contribution in [2.24, 2.45) is 5.92 Å². The zero-order valence-corrected chi connectivity index (χ0v) is 16.2. The molecule has 5 nitrogen and oxygen atoms in total. The summed E-state index contributed by atoms with van der Waals surface area (Å²) in [6.07, 6.45) is 7.10. The van der Waals surface area contributed by atoms with Gasteiger partial charge in [0, 0.05) is 44.2 Å². The number of rotatable bonds is 4. The van der Waals surface area contributed by atoms with Gasteiger partial charge in [-0.1, -0.05) is 40.0 Å². The summed E-state index contributed by atoms with van der Waals surface area (Å²) in [5.74, 6) is 0.910. The maximum atomic E-state index is 12.2. The van der Waals surface area contributed by atoms with Gasteiger partial charge in [-0.05, 0) is 24.8 Å². The minimum absolute atomic E-state index is 0.00219. The lowest BCUT2D eigenvalue weighted by molar-refractivity contribution is 0.0849. The summed E-state index contributed by atoms with van der Waals surface area (Å²) in [5, 5.41) is 4.60. The summed E-state index contributed by atoms with van der Waals surface area (Å²) in [7, 11) is 0. The van der Waals surface area contributed by atoms with Gasteiger partial charge in [0.15, 0.2) is 0 Å². The predicted octanol–water partition coefficient (Wildman–Crippen LogP) is 2.70. The Hall–Kier alpha value is -1.20. The van der Waals surface area contributed by atoms with Crippen LogP contribution in [0.3, 0.4) is 0 Å². The molecule has 1 aliphatic heterocycles. The van der Waals surface area contributed by atoms with E-state index in [4.69, 9.17) is 0 Å². The minimum atomic E-state index is -0.0336. The van der Waals surface area contributed by atoms with E-state index in [1.807, 2.05) is 6.07 Å². The van der Waals surface area contributed by atoms with Crippen LogP contribution in [0.25, 0.3) is 0 Å². The molecule has 0 radical (unpaired) electrons. The Kier molecular flexibility index (Phi) is 5.95. The monoisotopic (exact) mass is 346 g/mol. The summed E-state index contributed by atoms with van der Waals surface area (Å²) in [6.45, 7) is 12.6. The van der Waals surface area contributed by atoms with Crippen LogP contribution in [0.1, 0.15) is 58.6 Å². The molecule has 140 valence electrons. The molecule has 1 aromatic rings. The fourth-order valence-corrected chi connectivity index (χ4v) is 3.99. The molecule has 2 heterocycles. The van der Waals surface area contributed by atoms with Crippen LogP contribution in [0.2, 0.25) is 0 Å². The van der Waals surface area contributed by atoms with E-state index in [2.05, 4.69) is 35.7 Å². The lowest BCUT2D eigenvalue weighted by Crippen LogP contribution is -2.49. The molecule has 1 saturated heterocycles. The van der Waals surface area contributed by atoms with Crippen molar-refractivity contribution in [1.29, 1.82) is 0 Å². The topological polar surface area (TPSA) is 41.4 Å². The molecule has 3 rings (SSSR count). The second kappa shape index (κ2) is 8.00. The zero-order chi connectivity index (χ0) is 17.9. The van der Waals surface area contributed by atoms with Gasteiger partial charge in [0.1, 0.15) is 0 Å². The SMILES string of the molecule is CC(C)(C)c1ccc(=O)n(CN2CCN(CC3CCCCC3)CC2)n1. The Morgan fingerprint density at radius 1 is 1.00 bits per heavy atom. The number of nitrogens with zero attached hydrogens (tertiary/aromatic N) is 4. The van der Waals surface area contributed by atoms with E-state index in [0.29, 0.717) is 6.67 Å². The molecular weight excluding hydrogens is 312 g/mol. The van der Waals surface area contributed by atoms with Crippen molar-refractivity contribution < 1.29 is 0 Å². The standard InChI is InChI=1S/C20H34N4O/c1-20(2,3)18-9-10-19(25)24(21-18)16-23-13-11-22(12-14-23)15-17-7-5-4-6-8-17/h9-10,17H,4-8,11-16H2,1-3H3. The van der Waals surface area contributed by atoms with E-state index in [-0.39, 0.29) is 11.0 Å². The quantitative estimate of drug-likeness (QED) is 0.840. The molecule has 1 aliphatic carbocycles. The summed E-state index contributed by atoms with van der Waals surface area (Å²) < 4.78 is 1.64. The third kappa shape index (κ3) is 5.14.